The molecule has 0 amide bonds. The lowest BCUT2D eigenvalue weighted by Gasteiger charge is -2.26. The number of aromatic amines is 1. The lowest BCUT2D eigenvalue weighted by atomic mass is 10.0. The summed E-state index contributed by atoms with van der Waals surface area (Å²) < 4.78 is 27.7. The van der Waals surface area contributed by atoms with E-state index in [2.05, 4.69) is 30.5 Å². The molecule has 9 heteroatoms. The van der Waals surface area contributed by atoms with Gasteiger partial charge in [-0.2, -0.15) is 5.10 Å². The molecule has 1 aromatic carbocycles. The third-order valence-corrected chi connectivity index (χ3v) is 5.35. The van der Waals surface area contributed by atoms with Crippen molar-refractivity contribution in [3.63, 3.8) is 0 Å². The third-order valence-electron chi connectivity index (χ3n) is 5.35. The van der Waals surface area contributed by atoms with Gasteiger partial charge in [-0.25, -0.2) is 18.7 Å². The summed E-state index contributed by atoms with van der Waals surface area (Å²) in [6.07, 6.45) is 6.56. The fraction of sp³-hybridized carbons (Fsp3) is 0.182. The van der Waals surface area contributed by atoms with Crippen molar-refractivity contribution in [2.45, 2.75) is 18.9 Å². The van der Waals surface area contributed by atoms with E-state index in [9.17, 15) is 8.78 Å². The van der Waals surface area contributed by atoms with E-state index < -0.39 is 11.6 Å². The van der Waals surface area contributed by atoms with Crippen LogP contribution in [0.5, 0.6) is 0 Å². The zero-order valence-electron chi connectivity index (χ0n) is 16.5. The van der Waals surface area contributed by atoms with Gasteiger partial charge in [-0.15, -0.1) is 0 Å². The van der Waals surface area contributed by atoms with Gasteiger partial charge in [0.1, 0.15) is 29.6 Å². The number of benzene rings is 1. The summed E-state index contributed by atoms with van der Waals surface area (Å²) in [5.74, 6) is 0.740. The van der Waals surface area contributed by atoms with Crippen LogP contribution in [0.15, 0.2) is 61.2 Å². The van der Waals surface area contributed by atoms with Gasteiger partial charge in [-0.05, 0) is 31.0 Å². The quantitative estimate of drug-likeness (QED) is 0.491. The molecule has 5 rings (SSSR count). The highest BCUT2D eigenvalue weighted by Gasteiger charge is 2.29. The Labute approximate surface area is 177 Å². The van der Waals surface area contributed by atoms with Crippen molar-refractivity contribution < 1.29 is 8.78 Å². The number of aromatic nitrogens is 5. The van der Waals surface area contributed by atoms with E-state index >= 15 is 0 Å². The fourth-order valence-corrected chi connectivity index (χ4v) is 3.90. The van der Waals surface area contributed by atoms with Crippen LogP contribution in [0, 0.1) is 11.6 Å². The maximum atomic E-state index is 14.4. The van der Waals surface area contributed by atoms with Crippen LogP contribution in [0.1, 0.15) is 24.4 Å². The molecular formula is C22H19F2N7. The van der Waals surface area contributed by atoms with Gasteiger partial charge >= 0.3 is 0 Å². The minimum absolute atomic E-state index is 0.202. The monoisotopic (exact) mass is 419 g/mol. The molecule has 4 aromatic rings. The summed E-state index contributed by atoms with van der Waals surface area (Å²) in [4.78, 5) is 14.7. The number of hydrogen-bond donors (Lipinski definition) is 2. The van der Waals surface area contributed by atoms with E-state index in [1.54, 1.807) is 18.5 Å². The van der Waals surface area contributed by atoms with Gasteiger partial charge in [0.15, 0.2) is 5.82 Å². The third kappa shape index (κ3) is 3.94. The molecular weight excluding hydrogens is 400 g/mol. The number of anilines is 3. The van der Waals surface area contributed by atoms with Crippen LogP contribution in [-0.2, 0) is 0 Å². The molecule has 1 unspecified atom stereocenters. The van der Waals surface area contributed by atoms with E-state index in [0.29, 0.717) is 23.0 Å². The summed E-state index contributed by atoms with van der Waals surface area (Å²) in [6.45, 7) is 0.729. The highest BCUT2D eigenvalue weighted by molar-refractivity contribution is 5.65. The molecule has 0 bridgehead atoms. The number of H-pyrrole nitrogens is 1. The second kappa shape index (κ2) is 8.10. The smallest absolute Gasteiger partial charge is 0.153 e. The molecule has 1 saturated heterocycles. The second-order valence-corrected chi connectivity index (χ2v) is 7.31. The average molecular weight is 419 g/mol. The molecule has 0 saturated carbocycles. The average Bonchev–Trinajstić information content (AvgIpc) is 3.45. The first kappa shape index (κ1) is 19.1. The molecule has 3 aromatic heterocycles. The molecule has 0 radical (unpaired) electrons. The Morgan fingerprint density at radius 1 is 1.00 bits per heavy atom. The van der Waals surface area contributed by atoms with E-state index in [-0.39, 0.29) is 6.04 Å². The van der Waals surface area contributed by atoms with Crippen molar-refractivity contribution in [1.82, 2.24) is 25.1 Å². The highest BCUT2D eigenvalue weighted by atomic mass is 19.1. The first-order chi connectivity index (χ1) is 15.2. The maximum absolute atomic E-state index is 14.4. The summed E-state index contributed by atoms with van der Waals surface area (Å²) in [7, 11) is 0. The van der Waals surface area contributed by atoms with Crippen molar-refractivity contribution in [3.8, 4) is 11.3 Å². The minimum atomic E-state index is -0.579. The first-order valence-corrected chi connectivity index (χ1v) is 9.94. The predicted octanol–water partition coefficient (Wildman–Crippen LogP) is 4.63. The summed E-state index contributed by atoms with van der Waals surface area (Å²) in [6, 6.07) is 11.0. The first-order valence-electron chi connectivity index (χ1n) is 9.94. The normalized spacial score (nSPS) is 15.9. The van der Waals surface area contributed by atoms with Crippen LogP contribution in [-0.4, -0.2) is 31.7 Å². The lowest BCUT2D eigenvalue weighted by Crippen LogP contribution is -2.24. The Bertz CT molecular complexity index is 1200. The molecule has 0 aliphatic carbocycles. The van der Waals surface area contributed by atoms with Gasteiger partial charge < -0.3 is 10.2 Å². The Kier molecular flexibility index (Phi) is 4.99. The van der Waals surface area contributed by atoms with Gasteiger partial charge in [-0.1, -0.05) is 6.07 Å². The van der Waals surface area contributed by atoms with Gasteiger partial charge in [0.25, 0.3) is 0 Å². The Morgan fingerprint density at radius 2 is 1.87 bits per heavy atom. The Morgan fingerprint density at radius 3 is 2.71 bits per heavy atom. The van der Waals surface area contributed by atoms with Crippen molar-refractivity contribution in [3.05, 3.63) is 78.4 Å². The van der Waals surface area contributed by atoms with E-state index in [1.807, 2.05) is 23.1 Å². The number of hydrogen-bond acceptors (Lipinski definition) is 6. The predicted molar refractivity (Wildman–Crippen MR) is 113 cm³/mol. The van der Waals surface area contributed by atoms with Gasteiger partial charge in [-0.3, -0.25) is 10.1 Å². The summed E-state index contributed by atoms with van der Waals surface area (Å²) >= 11 is 0. The molecule has 156 valence electrons. The molecule has 2 N–H and O–H groups in total. The Balaban J connectivity index is 1.37. The van der Waals surface area contributed by atoms with Crippen LogP contribution < -0.4 is 10.2 Å². The number of pyridine rings is 1. The summed E-state index contributed by atoms with van der Waals surface area (Å²) in [5, 5.41) is 10.4. The molecule has 7 nitrogen and oxygen atoms in total. The summed E-state index contributed by atoms with van der Waals surface area (Å²) in [5.41, 5.74) is 2.30. The van der Waals surface area contributed by atoms with Crippen molar-refractivity contribution in [2.75, 3.05) is 16.8 Å². The molecule has 1 fully saturated rings. The van der Waals surface area contributed by atoms with Gasteiger partial charge in [0, 0.05) is 48.3 Å². The molecule has 31 heavy (non-hydrogen) atoms. The minimum Gasteiger partial charge on any atom is -0.349 e. The van der Waals surface area contributed by atoms with E-state index in [1.165, 1.54) is 18.5 Å². The highest BCUT2D eigenvalue weighted by Crippen LogP contribution is 2.37. The second-order valence-electron chi connectivity index (χ2n) is 7.31. The Hall–Kier alpha value is -3.88. The van der Waals surface area contributed by atoms with Crippen LogP contribution in [0.2, 0.25) is 0 Å². The van der Waals surface area contributed by atoms with Gasteiger partial charge in [0.05, 0.1) is 11.7 Å². The standard InChI is InChI=1S/C22H19F2N7/c23-15-3-4-16(17(24)10-15)19-2-1-9-31(19)22-12-20(26-13-27-22)28-21-11-18(29-30-21)14-5-7-25-8-6-14/h3-8,10-13,19H,1-2,9H2,(H2,26,27,28,29,30). The van der Waals surface area contributed by atoms with E-state index in [4.69, 9.17) is 0 Å². The van der Waals surface area contributed by atoms with Crippen LogP contribution in [0.3, 0.4) is 0 Å². The van der Waals surface area contributed by atoms with Gasteiger partial charge in [0.2, 0.25) is 0 Å². The maximum Gasteiger partial charge on any atom is 0.153 e. The number of halogens is 2. The fourth-order valence-electron chi connectivity index (χ4n) is 3.90. The largest absolute Gasteiger partial charge is 0.349 e. The number of nitrogens with one attached hydrogen (secondary N) is 2. The van der Waals surface area contributed by atoms with Crippen LogP contribution >= 0.6 is 0 Å². The molecule has 1 atom stereocenters. The van der Waals surface area contributed by atoms with Crippen molar-refractivity contribution in [1.29, 1.82) is 0 Å². The van der Waals surface area contributed by atoms with Crippen LogP contribution in [0.4, 0.5) is 26.2 Å². The molecule has 1 aliphatic heterocycles. The topological polar surface area (TPSA) is 82.6 Å². The van der Waals surface area contributed by atoms with Crippen molar-refractivity contribution >= 4 is 17.5 Å². The van der Waals surface area contributed by atoms with Crippen LogP contribution in [0.25, 0.3) is 11.3 Å². The SMILES string of the molecule is Fc1ccc(C2CCCN2c2cc(Nc3cc(-c4ccncc4)[nH]n3)ncn2)c(F)c1. The van der Waals surface area contributed by atoms with E-state index in [0.717, 1.165) is 36.7 Å². The molecule has 0 spiro atoms. The number of rotatable bonds is 5. The molecule has 1 aliphatic rings. The molecule has 4 heterocycles. The lowest BCUT2D eigenvalue weighted by molar-refractivity contribution is 0.553. The van der Waals surface area contributed by atoms with Crippen molar-refractivity contribution in [2.24, 2.45) is 0 Å². The zero-order chi connectivity index (χ0) is 21.2. The zero-order valence-corrected chi connectivity index (χ0v) is 16.5. The number of nitrogens with zero attached hydrogens (tertiary/aromatic N) is 5.